The summed E-state index contributed by atoms with van der Waals surface area (Å²) in [7, 11) is 1.58. The first-order valence-electron chi connectivity index (χ1n) is 9.14. The number of aryl methyl sites for hydroxylation is 1. The summed E-state index contributed by atoms with van der Waals surface area (Å²) in [4.78, 5) is 8.99. The summed E-state index contributed by atoms with van der Waals surface area (Å²) in [6.45, 7) is 6.01. The molecule has 1 aromatic heterocycles. The van der Waals surface area contributed by atoms with Crippen molar-refractivity contribution in [2.75, 3.05) is 7.11 Å². The Hall–Kier alpha value is -2.67. The van der Waals surface area contributed by atoms with E-state index < -0.39 is 11.6 Å². The number of nitrogens with zero attached hydrogens (tertiary/aromatic N) is 2. The summed E-state index contributed by atoms with van der Waals surface area (Å²) >= 11 is 1.27. The Kier molecular flexibility index (Phi) is 6.69. The number of benzene rings is 2. The minimum Gasteiger partial charge on any atom is -0.493 e. The van der Waals surface area contributed by atoms with Crippen LogP contribution in [0.5, 0.6) is 17.4 Å². The summed E-state index contributed by atoms with van der Waals surface area (Å²) in [5.74, 6) is 0.788. The van der Waals surface area contributed by atoms with Gasteiger partial charge in [-0.3, -0.25) is 0 Å². The fourth-order valence-electron chi connectivity index (χ4n) is 2.59. The number of hydrogen-bond acceptors (Lipinski definition) is 5. The predicted molar refractivity (Wildman–Crippen MR) is 110 cm³/mol. The molecule has 3 aromatic rings. The van der Waals surface area contributed by atoms with Crippen LogP contribution in [-0.4, -0.2) is 17.1 Å². The van der Waals surface area contributed by atoms with Crippen molar-refractivity contribution >= 4 is 11.8 Å². The second-order valence-electron chi connectivity index (χ2n) is 6.85. The van der Waals surface area contributed by atoms with Crippen LogP contribution in [0.15, 0.2) is 47.6 Å². The minimum atomic E-state index is -0.600. The molecule has 0 amide bonds. The van der Waals surface area contributed by atoms with E-state index in [-0.39, 0.29) is 11.7 Å². The molecule has 7 heteroatoms. The van der Waals surface area contributed by atoms with E-state index in [1.54, 1.807) is 13.2 Å². The first kappa shape index (κ1) is 21.0. The summed E-state index contributed by atoms with van der Waals surface area (Å²) in [5.41, 5.74) is 2.25. The molecule has 0 saturated carbocycles. The Balaban J connectivity index is 1.86. The highest BCUT2D eigenvalue weighted by atomic mass is 32.2. The average molecular weight is 416 g/mol. The van der Waals surface area contributed by atoms with Gasteiger partial charge in [0.2, 0.25) is 5.88 Å². The van der Waals surface area contributed by atoms with E-state index >= 15 is 0 Å². The van der Waals surface area contributed by atoms with Crippen molar-refractivity contribution in [3.63, 3.8) is 0 Å². The second-order valence-corrected chi connectivity index (χ2v) is 7.79. The maximum Gasteiger partial charge on any atom is 0.223 e. The SMILES string of the molecule is COc1cc(C)ccc1Oc1cc(C(C)C)nc(SCc2ccc(F)cc2F)n1. The highest BCUT2D eigenvalue weighted by Gasteiger charge is 2.13. The van der Waals surface area contributed by atoms with Gasteiger partial charge in [-0.1, -0.05) is 37.7 Å². The average Bonchev–Trinajstić information content (AvgIpc) is 2.68. The minimum absolute atomic E-state index is 0.155. The lowest BCUT2D eigenvalue weighted by molar-refractivity contribution is 0.371. The lowest BCUT2D eigenvalue weighted by Gasteiger charge is -2.13. The Bertz CT molecular complexity index is 1010. The smallest absolute Gasteiger partial charge is 0.223 e. The van der Waals surface area contributed by atoms with Crippen molar-refractivity contribution in [1.82, 2.24) is 9.97 Å². The number of thioether (sulfide) groups is 1. The maximum atomic E-state index is 13.9. The van der Waals surface area contributed by atoms with Gasteiger partial charge in [0.25, 0.3) is 0 Å². The predicted octanol–water partition coefficient (Wildman–Crippen LogP) is 6.28. The normalized spacial score (nSPS) is 11.0. The molecule has 0 aliphatic carbocycles. The zero-order valence-electron chi connectivity index (χ0n) is 16.7. The molecule has 0 fully saturated rings. The van der Waals surface area contributed by atoms with Gasteiger partial charge < -0.3 is 9.47 Å². The third kappa shape index (κ3) is 5.44. The summed E-state index contributed by atoms with van der Waals surface area (Å²) in [6.07, 6.45) is 0. The van der Waals surface area contributed by atoms with Gasteiger partial charge >= 0.3 is 0 Å². The lowest BCUT2D eigenvalue weighted by atomic mass is 10.1. The molecule has 1 heterocycles. The van der Waals surface area contributed by atoms with Crippen LogP contribution in [0.1, 0.15) is 36.6 Å². The molecule has 0 saturated heterocycles. The molecule has 0 aliphatic heterocycles. The van der Waals surface area contributed by atoms with Crippen LogP contribution in [0.2, 0.25) is 0 Å². The Morgan fingerprint density at radius 3 is 2.48 bits per heavy atom. The molecule has 0 atom stereocenters. The highest BCUT2D eigenvalue weighted by molar-refractivity contribution is 7.98. The number of halogens is 2. The van der Waals surface area contributed by atoms with E-state index in [4.69, 9.17) is 9.47 Å². The van der Waals surface area contributed by atoms with Crippen molar-refractivity contribution in [2.45, 2.75) is 37.6 Å². The fourth-order valence-corrected chi connectivity index (χ4v) is 3.43. The molecule has 0 aliphatic rings. The molecule has 4 nitrogen and oxygen atoms in total. The topological polar surface area (TPSA) is 44.2 Å². The third-order valence-electron chi connectivity index (χ3n) is 4.20. The van der Waals surface area contributed by atoms with Crippen LogP contribution >= 0.6 is 11.8 Å². The largest absolute Gasteiger partial charge is 0.493 e. The van der Waals surface area contributed by atoms with Crippen LogP contribution in [0.3, 0.4) is 0 Å². The molecule has 0 bridgehead atoms. The molecule has 0 spiro atoms. The molecule has 0 N–H and O–H groups in total. The van der Waals surface area contributed by atoms with E-state index in [9.17, 15) is 8.78 Å². The van der Waals surface area contributed by atoms with Gasteiger partial charge in [0.05, 0.1) is 12.8 Å². The van der Waals surface area contributed by atoms with Crippen molar-refractivity contribution in [1.29, 1.82) is 0 Å². The van der Waals surface area contributed by atoms with Crippen LogP contribution in [0.25, 0.3) is 0 Å². The Labute approximate surface area is 173 Å². The van der Waals surface area contributed by atoms with Gasteiger partial charge in [0, 0.05) is 17.9 Å². The third-order valence-corrected chi connectivity index (χ3v) is 5.10. The lowest BCUT2D eigenvalue weighted by Crippen LogP contribution is -2.01. The van der Waals surface area contributed by atoms with Gasteiger partial charge in [-0.05, 0) is 42.2 Å². The zero-order chi connectivity index (χ0) is 21.0. The Morgan fingerprint density at radius 1 is 1.00 bits per heavy atom. The molecular weight excluding hydrogens is 394 g/mol. The standard InChI is InChI=1S/C22H22F2N2O2S/c1-13(2)18-11-21(28-19-8-5-14(3)9-20(19)27-4)26-22(25-18)29-12-15-6-7-16(23)10-17(15)24/h5-11,13H,12H2,1-4H3. The number of aromatic nitrogens is 2. The molecule has 29 heavy (non-hydrogen) atoms. The van der Waals surface area contributed by atoms with Crippen molar-refractivity contribution in [3.8, 4) is 17.4 Å². The monoisotopic (exact) mass is 416 g/mol. The number of hydrogen-bond donors (Lipinski definition) is 0. The van der Waals surface area contributed by atoms with Gasteiger partial charge in [0.15, 0.2) is 16.7 Å². The summed E-state index contributed by atoms with van der Waals surface area (Å²) < 4.78 is 38.4. The van der Waals surface area contributed by atoms with Crippen molar-refractivity contribution in [2.24, 2.45) is 0 Å². The van der Waals surface area contributed by atoms with Gasteiger partial charge in [-0.15, -0.1) is 0 Å². The van der Waals surface area contributed by atoms with E-state index in [1.165, 1.54) is 23.9 Å². The van der Waals surface area contributed by atoms with E-state index in [2.05, 4.69) is 9.97 Å². The quantitative estimate of drug-likeness (QED) is 0.335. The van der Waals surface area contributed by atoms with E-state index in [0.29, 0.717) is 28.1 Å². The number of ether oxygens (including phenoxy) is 2. The first-order valence-corrected chi connectivity index (χ1v) is 10.1. The summed E-state index contributed by atoms with van der Waals surface area (Å²) in [6, 6.07) is 11.0. The molecule has 152 valence electrons. The van der Waals surface area contributed by atoms with Crippen LogP contribution < -0.4 is 9.47 Å². The zero-order valence-corrected chi connectivity index (χ0v) is 17.5. The maximum absolute atomic E-state index is 13.9. The van der Waals surface area contributed by atoms with E-state index in [1.807, 2.05) is 39.0 Å². The Morgan fingerprint density at radius 2 is 1.79 bits per heavy atom. The molecular formula is C22H22F2N2O2S. The number of methoxy groups -OCH3 is 1. The highest BCUT2D eigenvalue weighted by Crippen LogP contribution is 2.33. The molecule has 2 aromatic carbocycles. The van der Waals surface area contributed by atoms with Crippen LogP contribution in [0.4, 0.5) is 8.78 Å². The molecule has 3 rings (SSSR count). The second kappa shape index (κ2) is 9.22. The summed E-state index contributed by atoms with van der Waals surface area (Å²) in [5, 5.41) is 0.459. The van der Waals surface area contributed by atoms with E-state index in [0.717, 1.165) is 17.3 Å². The van der Waals surface area contributed by atoms with Crippen LogP contribution in [0, 0.1) is 18.6 Å². The van der Waals surface area contributed by atoms with Crippen molar-refractivity contribution < 1.29 is 18.3 Å². The fraction of sp³-hybridized carbons (Fsp3) is 0.273. The van der Waals surface area contributed by atoms with Crippen molar-refractivity contribution in [3.05, 3.63) is 70.9 Å². The van der Waals surface area contributed by atoms with Gasteiger partial charge in [-0.2, -0.15) is 4.98 Å². The van der Waals surface area contributed by atoms with Crippen LogP contribution in [-0.2, 0) is 5.75 Å². The molecule has 0 radical (unpaired) electrons. The van der Waals surface area contributed by atoms with Gasteiger partial charge in [0.1, 0.15) is 11.6 Å². The molecule has 0 unspecified atom stereocenters. The number of rotatable bonds is 7. The van der Waals surface area contributed by atoms with Gasteiger partial charge in [-0.25, -0.2) is 13.8 Å². The first-order chi connectivity index (χ1) is 13.9.